The maximum Gasteiger partial charge on any atom is 0.292 e. The average molecular weight is 278 g/mol. The van der Waals surface area contributed by atoms with Crippen molar-refractivity contribution in [2.45, 2.75) is 58.2 Å². The summed E-state index contributed by atoms with van der Waals surface area (Å²) in [5.41, 5.74) is 1.35. The highest BCUT2D eigenvalue weighted by molar-refractivity contribution is 5.66. The minimum Gasteiger partial charge on any atom is -0.389 e. The van der Waals surface area contributed by atoms with Crippen molar-refractivity contribution < 1.29 is 10.0 Å². The maximum atomic E-state index is 11.4. The van der Waals surface area contributed by atoms with Crippen LogP contribution in [-0.4, -0.2) is 22.1 Å². The number of aliphatic hydroxyl groups excluding tert-OH is 1. The Bertz CT molecular complexity index is 502. The van der Waals surface area contributed by atoms with Gasteiger partial charge < -0.3 is 10.0 Å². The summed E-state index contributed by atoms with van der Waals surface area (Å²) in [4.78, 5) is 13.2. The van der Waals surface area contributed by atoms with Gasteiger partial charge >= 0.3 is 0 Å². The van der Waals surface area contributed by atoms with E-state index < -0.39 is 6.10 Å². The van der Waals surface area contributed by atoms with E-state index in [0.717, 1.165) is 19.3 Å². The second-order valence-corrected chi connectivity index (χ2v) is 5.58. The van der Waals surface area contributed by atoms with E-state index in [1.54, 1.807) is 19.1 Å². The standard InChI is InChI=1S/C15H22N2O3/c1-4-13-7-5-10(2)16(13)14-8-6-12(11(3)18)9-15(14)17(19)20/h6,8-11,13,18H,4-5,7H2,1-3H3/t10?,11-,13?/m1/s1. The summed E-state index contributed by atoms with van der Waals surface area (Å²) in [7, 11) is 0. The molecule has 1 heterocycles. The fourth-order valence-corrected chi connectivity index (χ4v) is 3.07. The van der Waals surface area contributed by atoms with E-state index in [9.17, 15) is 15.2 Å². The zero-order valence-electron chi connectivity index (χ0n) is 12.2. The predicted octanol–water partition coefficient (Wildman–Crippen LogP) is 3.42. The molecule has 2 rings (SSSR count). The minimum atomic E-state index is -0.694. The molecular weight excluding hydrogens is 256 g/mol. The molecule has 1 aliphatic heterocycles. The summed E-state index contributed by atoms with van der Waals surface area (Å²) >= 11 is 0. The molecular formula is C15H22N2O3. The molecule has 5 nitrogen and oxygen atoms in total. The number of hydrogen-bond donors (Lipinski definition) is 1. The first-order chi connectivity index (χ1) is 9.45. The van der Waals surface area contributed by atoms with Gasteiger partial charge in [0.15, 0.2) is 0 Å². The number of hydrogen-bond acceptors (Lipinski definition) is 4. The van der Waals surface area contributed by atoms with Gasteiger partial charge in [-0.1, -0.05) is 13.0 Å². The number of nitro benzene ring substituents is 1. The van der Waals surface area contributed by atoms with Crippen molar-refractivity contribution in [1.82, 2.24) is 0 Å². The van der Waals surface area contributed by atoms with E-state index in [1.165, 1.54) is 6.07 Å². The lowest BCUT2D eigenvalue weighted by Crippen LogP contribution is -2.34. The van der Waals surface area contributed by atoms with Crippen LogP contribution in [-0.2, 0) is 0 Å². The van der Waals surface area contributed by atoms with Crippen molar-refractivity contribution in [3.05, 3.63) is 33.9 Å². The highest BCUT2D eigenvalue weighted by Crippen LogP contribution is 2.38. The molecule has 0 radical (unpaired) electrons. The van der Waals surface area contributed by atoms with Crippen LogP contribution in [0, 0.1) is 10.1 Å². The molecule has 20 heavy (non-hydrogen) atoms. The molecule has 0 amide bonds. The first-order valence-electron chi connectivity index (χ1n) is 7.20. The predicted molar refractivity (Wildman–Crippen MR) is 79.0 cm³/mol. The first kappa shape index (κ1) is 14.8. The van der Waals surface area contributed by atoms with E-state index >= 15 is 0 Å². The summed E-state index contributed by atoms with van der Waals surface area (Å²) < 4.78 is 0. The smallest absolute Gasteiger partial charge is 0.292 e. The van der Waals surface area contributed by atoms with Crippen LogP contribution in [0.2, 0.25) is 0 Å². The molecule has 1 saturated heterocycles. The Kier molecular flexibility index (Phi) is 4.28. The Hall–Kier alpha value is -1.62. The first-order valence-corrected chi connectivity index (χ1v) is 7.20. The molecule has 1 N–H and O–H groups in total. The summed E-state index contributed by atoms with van der Waals surface area (Å²) in [6.45, 7) is 5.85. The van der Waals surface area contributed by atoms with Crippen LogP contribution in [0.15, 0.2) is 18.2 Å². The number of benzene rings is 1. The van der Waals surface area contributed by atoms with Crippen LogP contribution in [0.5, 0.6) is 0 Å². The van der Waals surface area contributed by atoms with Crippen molar-refractivity contribution in [2.75, 3.05) is 4.90 Å². The third-order valence-corrected chi connectivity index (χ3v) is 4.21. The molecule has 1 aliphatic rings. The van der Waals surface area contributed by atoms with Gasteiger partial charge in [0.2, 0.25) is 0 Å². The Balaban J connectivity index is 2.47. The van der Waals surface area contributed by atoms with E-state index in [-0.39, 0.29) is 10.6 Å². The van der Waals surface area contributed by atoms with Crippen molar-refractivity contribution in [1.29, 1.82) is 0 Å². The van der Waals surface area contributed by atoms with Crippen LogP contribution < -0.4 is 4.90 Å². The number of rotatable bonds is 4. The van der Waals surface area contributed by atoms with Gasteiger partial charge in [0, 0.05) is 18.2 Å². The van der Waals surface area contributed by atoms with Crippen LogP contribution >= 0.6 is 0 Å². The second-order valence-electron chi connectivity index (χ2n) is 5.58. The van der Waals surface area contributed by atoms with E-state index in [2.05, 4.69) is 18.7 Å². The minimum absolute atomic E-state index is 0.0931. The monoisotopic (exact) mass is 278 g/mol. The Labute approximate surface area is 119 Å². The van der Waals surface area contributed by atoms with Crippen LogP contribution in [0.25, 0.3) is 0 Å². The lowest BCUT2D eigenvalue weighted by molar-refractivity contribution is -0.384. The number of nitrogens with zero attached hydrogens (tertiary/aromatic N) is 2. The molecule has 0 spiro atoms. The van der Waals surface area contributed by atoms with E-state index in [0.29, 0.717) is 23.3 Å². The molecule has 3 atom stereocenters. The highest BCUT2D eigenvalue weighted by atomic mass is 16.6. The lowest BCUT2D eigenvalue weighted by Gasteiger charge is -2.30. The van der Waals surface area contributed by atoms with Crippen LogP contribution in [0.4, 0.5) is 11.4 Å². The van der Waals surface area contributed by atoms with Gasteiger partial charge in [-0.25, -0.2) is 0 Å². The van der Waals surface area contributed by atoms with Crippen LogP contribution in [0.1, 0.15) is 51.7 Å². The molecule has 0 bridgehead atoms. The Morgan fingerprint density at radius 2 is 2.20 bits per heavy atom. The summed E-state index contributed by atoms with van der Waals surface area (Å²) in [6, 6.07) is 5.74. The third-order valence-electron chi connectivity index (χ3n) is 4.21. The molecule has 0 aromatic heterocycles. The third kappa shape index (κ3) is 2.63. The summed E-state index contributed by atoms with van der Waals surface area (Å²) in [5, 5.41) is 21.0. The second kappa shape index (κ2) is 5.79. The SMILES string of the molecule is CCC1CCC(C)N1c1ccc([C@@H](C)O)cc1[N+](=O)[O-]. The summed E-state index contributed by atoms with van der Waals surface area (Å²) in [6.07, 6.45) is 2.43. The molecule has 1 aromatic carbocycles. The average Bonchev–Trinajstić information content (AvgIpc) is 2.78. The molecule has 0 aliphatic carbocycles. The lowest BCUT2D eigenvalue weighted by atomic mass is 10.1. The zero-order chi connectivity index (χ0) is 14.9. The van der Waals surface area contributed by atoms with Crippen molar-refractivity contribution in [3.63, 3.8) is 0 Å². The number of anilines is 1. The van der Waals surface area contributed by atoms with Gasteiger partial charge in [0.05, 0.1) is 11.0 Å². The van der Waals surface area contributed by atoms with Gasteiger partial charge in [-0.2, -0.15) is 0 Å². The van der Waals surface area contributed by atoms with Gasteiger partial charge in [0.1, 0.15) is 5.69 Å². The van der Waals surface area contributed by atoms with Gasteiger partial charge in [-0.15, -0.1) is 0 Å². The number of aliphatic hydroxyl groups is 1. The maximum absolute atomic E-state index is 11.4. The normalized spacial score (nSPS) is 23.9. The highest BCUT2D eigenvalue weighted by Gasteiger charge is 2.33. The molecule has 1 fully saturated rings. The molecule has 0 saturated carbocycles. The Morgan fingerprint density at radius 3 is 2.75 bits per heavy atom. The summed E-state index contributed by atoms with van der Waals surface area (Å²) in [5.74, 6) is 0. The van der Waals surface area contributed by atoms with Gasteiger partial charge in [0.25, 0.3) is 5.69 Å². The molecule has 2 unspecified atom stereocenters. The van der Waals surface area contributed by atoms with Crippen LogP contribution in [0.3, 0.4) is 0 Å². The molecule has 110 valence electrons. The largest absolute Gasteiger partial charge is 0.389 e. The molecule has 1 aromatic rings. The fraction of sp³-hybridized carbons (Fsp3) is 0.600. The van der Waals surface area contributed by atoms with Crippen molar-refractivity contribution in [3.8, 4) is 0 Å². The quantitative estimate of drug-likeness (QED) is 0.677. The van der Waals surface area contributed by atoms with Gasteiger partial charge in [-0.05, 0) is 44.7 Å². The topological polar surface area (TPSA) is 66.6 Å². The van der Waals surface area contributed by atoms with E-state index in [1.807, 2.05) is 0 Å². The Morgan fingerprint density at radius 1 is 1.50 bits per heavy atom. The fourth-order valence-electron chi connectivity index (χ4n) is 3.07. The van der Waals surface area contributed by atoms with E-state index in [4.69, 9.17) is 0 Å². The number of nitro groups is 1. The zero-order valence-corrected chi connectivity index (χ0v) is 12.2. The van der Waals surface area contributed by atoms with Crippen molar-refractivity contribution >= 4 is 11.4 Å². The van der Waals surface area contributed by atoms with Crippen molar-refractivity contribution in [2.24, 2.45) is 0 Å². The van der Waals surface area contributed by atoms with Gasteiger partial charge in [-0.3, -0.25) is 10.1 Å². The molecule has 5 heteroatoms.